The van der Waals surface area contributed by atoms with Gasteiger partial charge in [0.2, 0.25) is 0 Å². The number of nitrogens with zero attached hydrogens (tertiary/aromatic N) is 2. The van der Waals surface area contributed by atoms with Crippen molar-refractivity contribution in [2.75, 3.05) is 18.5 Å². The van der Waals surface area contributed by atoms with E-state index in [1.165, 1.54) is 7.05 Å². The van der Waals surface area contributed by atoms with Crippen molar-refractivity contribution in [1.82, 2.24) is 15.6 Å². The zero-order valence-corrected chi connectivity index (χ0v) is 13.7. The molecule has 7 nitrogen and oxygen atoms in total. The quantitative estimate of drug-likeness (QED) is 0.883. The van der Waals surface area contributed by atoms with Gasteiger partial charge in [0, 0.05) is 36.8 Å². The van der Waals surface area contributed by atoms with Crippen LogP contribution in [0.3, 0.4) is 0 Å². The van der Waals surface area contributed by atoms with Crippen molar-refractivity contribution in [3.8, 4) is 0 Å². The monoisotopic (exact) mass is 318 g/mol. The summed E-state index contributed by atoms with van der Waals surface area (Å²) in [6, 6.07) is 1.86. The highest BCUT2D eigenvalue weighted by Crippen LogP contribution is 2.34. The fourth-order valence-electron chi connectivity index (χ4n) is 3.27. The average Bonchev–Trinajstić information content (AvgIpc) is 3.07. The van der Waals surface area contributed by atoms with Crippen LogP contribution in [0.4, 0.5) is 10.6 Å². The third-order valence-electron chi connectivity index (χ3n) is 4.59. The van der Waals surface area contributed by atoms with Crippen LogP contribution in [0.25, 0.3) is 0 Å². The molecule has 3 heterocycles. The molecule has 1 aromatic heterocycles. The fourth-order valence-corrected chi connectivity index (χ4v) is 3.27. The molecule has 0 bridgehead atoms. The lowest BCUT2D eigenvalue weighted by Crippen LogP contribution is -2.39. The highest BCUT2D eigenvalue weighted by atomic mass is 16.5. The maximum Gasteiger partial charge on any atom is 0.407 e. The second-order valence-corrected chi connectivity index (χ2v) is 6.53. The van der Waals surface area contributed by atoms with Crippen LogP contribution in [-0.2, 0) is 17.9 Å². The van der Waals surface area contributed by atoms with Crippen molar-refractivity contribution in [3.05, 3.63) is 22.9 Å². The molecule has 0 radical (unpaired) electrons. The Kier molecular flexibility index (Phi) is 3.87. The molecule has 0 saturated carbocycles. The number of alkyl carbamates (subject to hydrolysis) is 1. The number of ether oxygens (including phenoxy) is 1. The van der Waals surface area contributed by atoms with Crippen LogP contribution in [0.1, 0.15) is 48.3 Å². The minimum absolute atomic E-state index is 0.00916. The van der Waals surface area contributed by atoms with Gasteiger partial charge in [-0.25, -0.2) is 9.78 Å². The number of nitrogens with one attached hydrogen (secondary N) is 2. The molecule has 23 heavy (non-hydrogen) atoms. The van der Waals surface area contributed by atoms with E-state index in [1.54, 1.807) is 0 Å². The summed E-state index contributed by atoms with van der Waals surface area (Å²) in [6.45, 7) is 5.75. The van der Waals surface area contributed by atoms with Crippen LogP contribution in [0, 0.1) is 0 Å². The van der Waals surface area contributed by atoms with Crippen molar-refractivity contribution in [2.24, 2.45) is 0 Å². The number of aromatic nitrogens is 1. The maximum atomic E-state index is 12.1. The zero-order valence-electron chi connectivity index (χ0n) is 13.7. The molecule has 1 saturated heterocycles. The molecule has 0 spiro atoms. The van der Waals surface area contributed by atoms with E-state index in [4.69, 9.17) is 9.72 Å². The molecule has 1 fully saturated rings. The van der Waals surface area contributed by atoms with Gasteiger partial charge >= 0.3 is 6.09 Å². The number of fused-ring (bicyclic) bond motifs is 1. The molecule has 124 valence electrons. The summed E-state index contributed by atoms with van der Waals surface area (Å²) < 4.78 is 5.14. The highest BCUT2D eigenvalue weighted by Gasteiger charge is 2.34. The summed E-state index contributed by atoms with van der Waals surface area (Å²) in [4.78, 5) is 30.3. The van der Waals surface area contributed by atoms with Gasteiger partial charge in [-0.1, -0.05) is 0 Å². The molecular weight excluding hydrogens is 296 g/mol. The van der Waals surface area contributed by atoms with Crippen LogP contribution in [-0.4, -0.2) is 36.1 Å². The Bertz CT molecular complexity index is 657. The Labute approximate surface area is 135 Å². The smallest absolute Gasteiger partial charge is 0.407 e. The van der Waals surface area contributed by atoms with Crippen LogP contribution < -0.4 is 15.5 Å². The minimum atomic E-state index is -0.510. The van der Waals surface area contributed by atoms with Crippen LogP contribution >= 0.6 is 0 Å². The van der Waals surface area contributed by atoms with Crippen LogP contribution in [0.15, 0.2) is 6.07 Å². The SMILES string of the molecule is CNC(=O)OCc1nc(N2CCCC2(C)C)cc2c1CNC2=O. The zero-order chi connectivity index (χ0) is 16.6. The molecule has 3 rings (SSSR count). The molecule has 2 aliphatic heterocycles. The topological polar surface area (TPSA) is 83.6 Å². The summed E-state index contributed by atoms with van der Waals surface area (Å²) in [5.74, 6) is 0.681. The summed E-state index contributed by atoms with van der Waals surface area (Å²) in [5.41, 5.74) is 2.10. The first-order valence-corrected chi connectivity index (χ1v) is 7.85. The summed E-state index contributed by atoms with van der Waals surface area (Å²) in [5, 5.41) is 5.22. The molecule has 0 atom stereocenters. The number of rotatable bonds is 3. The number of pyridine rings is 1. The molecule has 0 aliphatic carbocycles. The number of hydrogen-bond donors (Lipinski definition) is 2. The fraction of sp³-hybridized carbons (Fsp3) is 0.562. The van der Waals surface area contributed by atoms with Gasteiger partial charge in [-0.3, -0.25) is 4.79 Å². The van der Waals surface area contributed by atoms with Gasteiger partial charge < -0.3 is 20.3 Å². The van der Waals surface area contributed by atoms with Crippen molar-refractivity contribution >= 4 is 17.8 Å². The van der Waals surface area contributed by atoms with Crippen molar-refractivity contribution in [2.45, 2.75) is 45.4 Å². The second-order valence-electron chi connectivity index (χ2n) is 6.53. The minimum Gasteiger partial charge on any atom is -0.443 e. The molecule has 0 unspecified atom stereocenters. The van der Waals surface area contributed by atoms with Gasteiger partial charge in [0.15, 0.2) is 0 Å². The van der Waals surface area contributed by atoms with Gasteiger partial charge in [-0.2, -0.15) is 0 Å². The van der Waals surface area contributed by atoms with E-state index in [2.05, 4.69) is 29.4 Å². The highest BCUT2D eigenvalue weighted by molar-refractivity contribution is 5.99. The molecule has 2 N–H and O–H groups in total. The van der Waals surface area contributed by atoms with Crippen molar-refractivity contribution in [1.29, 1.82) is 0 Å². The van der Waals surface area contributed by atoms with Crippen molar-refractivity contribution < 1.29 is 14.3 Å². The van der Waals surface area contributed by atoms with E-state index in [9.17, 15) is 9.59 Å². The first kappa shape index (κ1) is 15.6. The van der Waals surface area contributed by atoms with Crippen LogP contribution in [0.5, 0.6) is 0 Å². The van der Waals surface area contributed by atoms with Gasteiger partial charge in [0.25, 0.3) is 5.91 Å². The van der Waals surface area contributed by atoms with E-state index in [1.807, 2.05) is 6.07 Å². The molecule has 1 aromatic rings. The predicted molar refractivity (Wildman–Crippen MR) is 85.3 cm³/mol. The van der Waals surface area contributed by atoms with E-state index in [0.29, 0.717) is 17.8 Å². The van der Waals surface area contributed by atoms with Gasteiger partial charge in [-0.05, 0) is 32.8 Å². The van der Waals surface area contributed by atoms with Gasteiger partial charge in [0.05, 0.1) is 5.69 Å². The largest absolute Gasteiger partial charge is 0.443 e. The Hall–Kier alpha value is -2.31. The average molecular weight is 318 g/mol. The lowest BCUT2D eigenvalue weighted by molar-refractivity contribution is 0.0965. The lowest BCUT2D eigenvalue weighted by atomic mass is 10.0. The summed E-state index contributed by atoms with van der Waals surface area (Å²) in [7, 11) is 1.51. The van der Waals surface area contributed by atoms with Crippen molar-refractivity contribution in [3.63, 3.8) is 0 Å². The molecule has 2 amide bonds. The summed E-state index contributed by atoms with van der Waals surface area (Å²) in [6.07, 6.45) is 1.68. The normalized spacial score (nSPS) is 18.6. The van der Waals surface area contributed by atoms with Gasteiger partial charge in [0.1, 0.15) is 12.4 Å². The number of hydrogen-bond acceptors (Lipinski definition) is 5. The third-order valence-corrected chi connectivity index (χ3v) is 4.59. The number of carbonyl (C=O) groups excluding carboxylic acids is 2. The lowest BCUT2D eigenvalue weighted by Gasteiger charge is -2.33. The van der Waals surface area contributed by atoms with E-state index >= 15 is 0 Å². The van der Waals surface area contributed by atoms with E-state index in [0.717, 1.165) is 30.8 Å². The Morgan fingerprint density at radius 2 is 2.30 bits per heavy atom. The predicted octanol–water partition coefficient (Wildman–Crippen LogP) is 1.56. The standard InChI is InChI=1S/C16H22N4O3/c1-16(2)5-4-6-20(16)13-7-10-11(8-18-14(10)21)12(19-13)9-23-15(22)17-3/h7H,4-6,8-9H2,1-3H3,(H,17,22)(H,18,21). The molecular formula is C16H22N4O3. The molecule has 7 heteroatoms. The number of anilines is 1. The summed E-state index contributed by atoms with van der Waals surface area (Å²) >= 11 is 0. The van der Waals surface area contributed by atoms with Crippen LogP contribution in [0.2, 0.25) is 0 Å². The second kappa shape index (κ2) is 5.72. The third kappa shape index (κ3) is 2.83. The maximum absolute atomic E-state index is 12.1. The Balaban J connectivity index is 1.97. The Morgan fingerprint density at radius 3 is 2.96 bits per heavy atom. The number of carbonyl (C=O) groups is 2. The first-order valence-electron chi connectivity index (χ1n) is 7.85. The van der Waals surface area contributed by atoms with E-state index < -0.39 is 6.09 Å². The van der Waals surface area contributed by atoms with E-state index in [-0.39, 0.29) is 18.1 Å². The van der Waals surface area contributed by atoms with Gasteiger partial charge in [-0.15, -0.1) is 0 Å². The first-order chi connectivity index (χ1) is 10.9. The number of amides is 2. The Morgan fingerprint density at radius 1 is 1.52 bits per heavy atom. The molecule has 2 aliphatic rings. The molecule has 0 aromatic carbocycles.